The van der Waals surface area contributed by atoms with Crippen molar-refractivity contribution in [3.63, 3.8) is 0 Å². The van der Waals surface area contributed by atoms with Gasteiger partial charge in [0.2, 0.25) is 10.0 Å². The van der Waals surface area contributed by atoms with Gasteiger partial charge in [0.15, 0.2) is 0 Å². The zero-order chi connectivity index (χ0) is 17.5. The molecule has 0 bridgehead atoms. The number of rotatable bonds is 3. The van der Waals surface area contributed by atoms with Crippen LogP contribution in [0.15, 0.2) is 52.0 Å². The predicted molar refractivity (Wildman–Crippen MR) is 83.9 cm³/mol. The normalized spacial score (nSPS) is 19.6. The van der Waals surface area contributed by atoms with Gasteiger partial charge in [0, 0.05) is 6.20 Å². The molecule has 2 aliphatic rings. The topological polar surface area (TPSA) is 102 Å². The van der Waals surface area contributed by atoms with E-state index in [2.05, 4.69) is 9.73 Å². The Labute approximate surface area is 138 Å². The minimum absolute atomic E-state index is 0.376. The number of sulfonamides is 1. The maximum atomic E-state index is 13.6. The lowest BCUT2D eigenvalue weighted by atomic mass is 10.1. The van der Waals surface area contributed by atoms with E-state index in [4.69, 9.17) is 5.14 Å². The van der Waals surface area contributed by atoms with Crippen molar-refractivity contribution in [1.29, 1.82) is 0 Å². The fourth-order valence-corrected chi connectivity index (χ4v) is 3.19. The summed E-state index contributed by atoms with van der Waals surface area (Å²) in [6.45, 7) is 0.385. The average Bonchev–Trinajstić information content (AvgIpc) is 2.96. The van der Waals surface area contributed by atoms with Crippen LogP contribution in [0, 0.1) is 5.82 Å². The number of esters is 1. The maximum absolute atomic E-state index is 13.6. The van der Waals surface area contributed by atoms with Gasteiger partial charge in [-0.25, -0.2) is 22.7 Å². The molecule has 2 heterocycles. The Morgan fingerprint density at radius 1 is 1.42 bits per heavy atom. The smallest absolute Gasteiger partial charge is 0.339 e. The van der Waals surface area contributed by atoms with Gasteiger partial charge in [-0.15, -0.1) is 0 Å². The fourth-order valence-electron chi connectivity index (χ4n) is 2.55. The molecular weight excluding hydrogens is 337 g/mol. The van der Waals surface area contributed by atoms with Crippen molar-refractivity contribution in [2.45, 2.75) is 10.9 Å². The second-order valence-corrected chi connectivity index (χ2v) is 6.83. The van der Waals surface area contributed by atoms with E-state index in [1.165, 1.54) is 19.2 Å². The van der Waals surface area contributed by atoms with Crippen molar-refractivity contribution in [1.82, 2.24) is 4.90 Å². The number of amidine groups is 1. The molecule has 9 heteroatoms. The lowest BCUT2D eigenvalue weighted by Crippen LogP contribution is -2.25. The van der Waals surface area contributed by atoms with Crippen molar-refractivity contribution >= 4 is 21.8 Å². The highest BCUT2D eigenvalue weighted by atomic mass is 32.2. The van der Waals surface area contributed by atoms with Crippen molar-refractivity contribution in [3.8, 4) is 0 Å². The summed E-state index contributed by atoms with van der Waals surface area (Å²) in [5.41, 5.74) is 0.894. The Balaban J connectivity index is 1.90. The van der Waals surface area contributed by atoms with E-state index in [0.29, 0.717) is 23.5 Å². The third-order valence-corrected chi connectivity index (χ3v) is 4.65. The Morgan fingerprint density at radius 2 is 2.17 bits per heavy atom. The molecule has 3 rings (SSSR count). The van der Waals surface area contributed by atoms with Crippen LogP contribution in [0.2, 0.25) is 0 Å². The Bertz CT molecular complexity index is 905. The van der Waals surface area contributed by atoms with Gasteiger partial charge in [0.25, 0.3) is 0 Å². The highest BCUT2D eigenvalue weighted by Gasteiger charge is 2.28. The Kier molecular flexibility index (Phi) is 3.98. The third kappa shape index (κ3) is 2.95. The van der Waals surface area contributed by atoms with E-state index in [0.717, 1.165) is 6.07 Å². The monoisotopic (exact) mass is 351 g/mol. The van der Waals surface area contributed by atoms with Crippen molar-refractivity contribution in [3.05, 3.63) is 53.5 Å². The van der Waals surface area contributed by atoms with Gasteiger partial charge < -0.3 is 9.64 Å². The van der Waals surface area contributed by atoms with Crippen LogP contribution in [-0.4, -0.2) is 38.8 Å². The summed E-state index contributed by atoms with van der Waals surface area (Å²) in [6, 6.07) is 3.30. The largest absolute Gasteiger partial charge is 0.465 e. The number of methoxy groups -OCH3 is 1. The quantitative estimate of drug-likeness (QED) is 0.814. The van der Waals surface area contributed by atoms with E-state index in [9.17, 15) is 17.6 Å². The number of hydrogen-bond acceptors (Lipinski definition) is 6. The number of carbonyl (C=O) groups is 1. The molecule has 0 amide bonds. The molecule has 0 fully saturated rings. The molecule has 1 aromatic carbocycles. The molecule has 24 heavy (non-hydrogen) atoms. The van der Waals surface area contributed by atoms with Crippen LogP contribution in [0.3, 0.4) is 0 Å². The highest BCUT2D eigenvalue weighted by molar-refractivity contribution is 7.89. The van der Waals surface area contributed by atoms with Crippen LogP contribution in [-0.2, 0) is 19.6 Å². The molecule has 126 valence electrons. The molecule has 0 saturated heterocycles. The van der Waals surface area contributed by atoms with Crippen molar-refractivity contribution < 1.29 is 22.3 Å². The molecule has 0 radical (unpaired) electrons. The van der Waals surface area contributed by atoms with E-state index in [1.807, 2.05) is 0 Å². The van der Waals surface area contributed by atoms with E-state index < -0.39 is 32.7 Å². The number of hydrogen-bond donors (Lipinski definition) is 1. The molecule has 1 atom stereocenters. The summed E-state index contributed by atoms with van der Waals surface area (Å²) in [5, 5.41) is 5.02. The molecule has 1 unspecified atom stereocenters. The number of ether oxygens (including phenoxy) is 1. The van der Waals surface area contributed by atoms with Crippen LogP contribution in [0.5, 0.6) is 0 Å². The first-order valence-electron chi connectivity index (χ1n) is 6.94. The van der Waals surface area contributed by atoms with Gasteiger partial charge >= 0.3 is 5.97 Å². The third-order valence-electron chi connectivity index (χ3n) is 3.73. The molecule has 0 aromatic heterocycles. The Hall–Kier alpha value is -2.52. The number of nitrogens with zero attached hydrogens (tertiary/aromatic N) is 2. The first-order valence-corrected chi connectivity index (χ1v) is 8.49. The molecule has 0 aliphatic carbocycles. The lowest BCUT2D eigenvalue weighted by molar-refractivity contribution is -0.135. The molecular formula is C15H14FN3O4S. The number of nitrogens with two attached hydrogens (primary N) is 1. The van der Waals surface area contributed by atoms with E-state index in [-0.39, 0.29) is 0 Å². The second kappa shape index (κ2) is 5.84. The van der Waals surface area contributed by atoms with Crippen molar-refractivity contribution in [2.24, 2.45) is 10.1 Å². The summed E-state index contributed by atoms with van der Waals surface area (Å²) in [5.74, 6) is -0.751. The first kappa shape index (κ1) is 16.3. The van der Waals surface area contributed by atoms with Gasteiger partial charge in [-0.2, -0.15) is 0 Å². The van der Waals surface area contributed by atoms with E-state index in [1.54, 1.807) is 23.3 Å². The molecule has 2 N–H and O–H groups in total. The standard InChI is InChI=1S/C15H14FN3O4S/c1-23-15(20)10-3-5-14-18-12(8-19(14)7-10)9-2-4-11(16)13(6-9)24(17,21)22/h2-7,12H,8H2,1H3,(H2,17,21,22). The Morgan fingerprint density at radius 3 is 2.83 bits per heavy atom. The lowest BCUT2D eigenvalue weighted by Gasteiger charge is -2.18. The summed E-state index contributed by atoms with van der Waals surface area (Å²) >= 11 is 0. The molecule has 7 nitrogen and oxygen atoms in total. The van der Waals surface area contributed by atoms with Crippen LogP contribution in [0.25, 0.3) is 0 Å². The molecule has 2 aliphatic heterocycles. The summed E-state index contributed by atoms with van der Waals surface area (Å²) in [4.78, 5) is 17.2. The number of halogens is 1. The zero-order valence-corrected chi connectivity index (χ0v) is 13.5. The average molecular weight is 351 g/mol. The van der Waals surface area contributed by atoms with E-state index >= 15 is 0 Å². The van der Waals surface area contributed by atoms with Crippen LogP contribution >= 0.6 is 0 Å². The van der Waals surface area contributed by atoms with Crippen LogP contribution < -0.4 is 5.14 Å². The highest BCUT2D eigenvalue weighted by Crippen LogP contribution is 2.30. The number of carbonyl (C=O) groups excluding carboxylic acids is 1. The molecule has 1 aromatic rings. The SMILES string of the molecule is COC(=O)C1=CN2CC(c3ccc(F)c(S(N)(=O)=O)c3)N=C2C=C1. The first-order chi connectivity index (χ1) is 11.3. The zero-order valence-electron chi connectivity index (χ0n) is 12.6. The predicted octanol–water partition coefficient (Wildman–Crippen LogP) is 0.855. The number of fused-ring (bicyclic) bond motifs is 1. The number of primary sulfonamides is 1. The van der Waals surface area contributed by atoms with Crippen molar-refractivity contribution in [2.75, 3.05) is 13.7 Å². The minimum Gasteiger partial charge on any atom is -0.465 e. The van der Waals surface area contributed by atoms with Crippen LogP contribution in [0.1, 0.15) is 11.6 Å². The summed E-state index contributed by atoms with van der Waals surface area (Å²) < 4.78 is 41.2. The summed E-state index contributed by atoms with van der Waals surface area (Å²) in [6.07, 6.45) is 4.86. The second-order valence-electron chi connectivity index (χ2n) is 5.30. The van der Waals surface area contributed by atoms with Gasteiger partial charge in [0.05, 0.1) is 25.3 Å². The van der Waals surface area contributed by atoms with Gasteiger partial charge in [-0.05, 0) is 29.8 Å². The fraction of sp³-hybridized carbons (Fsp3) is 0.200. The van der Waals surface area contributed by atoms with Crippen LogP contribution in [0.4, 0.5) is 4.39 Å². The molecule has 0 spiro atoms. The number of benzene rings is 1. The molecule has 0 saturated carbocycles. The van der Waals surface area contributed by atoms with Gasteiger partial charge in [-0.1, -0.05) is 6.07 Å². The van der Waals surface area contributed by atoms with Gasteiger partial charge in [0.1, 0.15) is 16.5 Å². The summed E-state index contributed by atoms with van der Waals surface area (Å²) in [7, 11) is -2.87. The number of aliphatic imine (C=N–C) groups is 1. The van der Waals surface area contributed by atoms with Gasteiger partial charge in [-0.3, -0.25) is 4.99 Å². The minimum atomic E-state index is -4.16. The maximum Gasteiger partial charge on any atom is 0.339 e.